The molecule has 0 radical (unpaired) electrons. The summed E-state index contributed by atoms with van der Waals surface area (Å²) in [5.41, 5.74) is 1.01. The number of alkyl halides is 3. The number of aliphatic imine (C=N–C) groups is 1. The Labute approximate surface area is 175 Å². The maximum atomic E-state index is 12.5. The SMILES string of the molecule is CCNC(=NCc1cccc(OCC)c1)NC1CCN(CC(F)(F)F)C1.I. The summed E-state index contributed by atoms with van der Waals surface area (Å²) in [5.74, 6) is 1.42. The van der Waals surface area contributed by atoms with Crippen LogP contribution in [-0.2, 0) is 6.54 Å². The van der Waals surface area contributed by atoms with Crippen molar-refractivity contribution in [3.05, 3.63) is 29.8 Å². The Balaban J connectivity index is 0.00000364. The normalized spacial score (nSPS) is 18.1. The van der Waals surface area contributed by atoms with Crippen molar-refractivity contribution >= 4 is 29.9 Å². The summed E-state index contributed by atoms with van der Waals surface area (Å²) >= 11 is 0. The first-order valence-corrected chi connectivity index (χ1v) is 8.95. The van der Waals surface area contributed by atoms with E-state index in [1.807, 2.05) is 38.1 Å². The van der Waals surface area contributed by atoms with E-state index in [9.17, 15) is 13.2 Å². The quantitative estimate of drug-likeness (QED) is 0.343. The minimum Gasteiger partial charge on any atom is -0.494 e. The van der Waals surface area contributed by atoms with Crippen LogP contribution in [0.2, 0.25) is 0 Å². The van der Waals surface area contributed by atoms with Gasteiger partial charge in [0.05, 0.1) is 19.7 Å². The molecule has 0 bridgehead atoms. The summed E-state index contributed by atoms with van der Waals surface area (Å²) in [4.78, 5) is 5.97. The highest BCUT2D eigenvalue weighted by atomic mass is 127. The highest BCUT2D eigenvalue weighted by Crippen LogP contribution is 2.20. The second-order valence-electron chi connectivity index (χ2n) is 6.26. The van der Waals surface area contributed by atoms with E-state index in [4.69, 9.17) is 4.74 Å². The van der Waals surface area contributed by atoms with Gasteiger partial charge in [-0.15, -0.1) is 24.0 Å². The van der Waals surface area contributed by atoms with E-state index in [1.165, 1.54) is 4.90 Å². The Morgan fingerprint density at radius 3 is 2.78 bits per heavy atom. The largest absolute Gasteiger partial charge is 0.494 e. The third-order valence-electron chi connectivity index (χ3n) is 3.99. The molecule has 1 heterocycles. The van der Waals surface area contributed by atoms with E-state index in [2.05, 4.69) is 15.6 Å². The molecule has 1 saturated heterocycles. The topological polar surface area (TPSA) is 48.9 Å². The summed E-state index contributed by atoms with van der Waals surface area (Å²) in [5, 5.41) is 6.39. The van der Waals surface area contributed by atoms with Crippen molar-refractivity contribution < 1.29 is 17.9 Å². The van der Waals surface area contributed by atoms with Crippen LogP contribution in [0.4, 0.5) is 13.2 Å². The minimum atomic E-state index is -4.15. The Hall–Kier alpha value is -1.23. The lowest BCUT2D eigenvalue weighted by Crippen LogP contribution is -2.45. The van der Waals surface area contributed by atoms with Gasteiger partial charge in [0.1, 0.15) is 5.75 Å². The van der Waals surface area contributed by atoms with E-state index in [-0.39, 0.29) is 30.0 Å². The molecule has 0 aromatic heterocycles. The molecule has 5 nitrogen and oxygen atoms in total. The second-order valence-corrected chi connectivity index (χ2v) is 6.26. The molecule has 1 aliphatic rings. The van der Waals surface area contributed by atoms with Crippen molar-refractivity contribution in [2.45, 2.75) is 39.0 Å². The fourth-order valence-electron chi connectivity index (χ4n) is 2.93. The first-order valence-electron chi connectivity index (χ1n) is 8.95. The van der Waals surface area contributed by atoms with Gasteiger partial charge in [0.2, 0.25) is 0 Å². The molecule has 1 atom stereocenters. The lowest BCUT2D eigenvalue weighted by atomic mass is 10.2. The molecule has 0 spiro atoms. The van der Waals surface area contributed by atoms with Crippen LogP contribution >= 0.6 is 24.0 Å². The van der Waals surface area contributed by atoms with E-state index in [0.29, 0.717) is 45.2 Å². The van der Waals surface area contributed by atoms with Crippen LogP contribution in [-0.4, -0.2) is 55.9 Å². The molecule has 154 valence electrons. The standard InChI is InChI=1S/C18H27F3N4O.HI/c1-3-22-17(23-11-14-6-5-7-16(10-14)26-4-2)24-15-8-9-25(12-15)13-18(19,20)21;/h5-7,10,15H,3-4,8-9,11-13H2,1-2H3,(H2,22,23,24);1H. The third-order valence-corrected chi connectivity index (χ3v) is 3.99. The molecule has 0 aliphatic carbocycles. The predicted octanol–water partition coefficient (Wildman–Crippen LogP) is 3.40. The number of hydrogen-bond acceptors (Lipinski definition) is 3. The molecule has 2 rings (SSSR count). The van der Waals surface area contributed by atoms with Crippen molar-refractivity contribution in [1.82, 2.24) is 15.5 Å². The van der Waals surface area contributed by atoms with E-state index < -0.39 is 12.7 Å². The Morgan fingerprint density at radius 1 is 1.33 bits per heavy atom. The summed E-state index contributed by atoms with van der Waals surface area (Å²) < 4.78 is 43.0. The van der Waals surface area contributed by atoms with Gasteiger partial charge in [-0.3, -0.25) is 4.90 Å². The Kier molecular flexibility index (Phi) is 10.2. The molecule has 27 heavy (non-hydrogen) atoms. The smallest absolute Gasteiger partial charge is 0.401 e. The minimum absolute atomic E-state index is 0. The number of hydrogen-bond donors (Lipinski definition) is 2. The van der Waals surface area contributed by atoms with E-state index in [1.54, 1.807) is 0 Å². The van der Waals surface area contributed by atoms with Gasteiger partial charge in [0, 0.05) is 25.7 Å². The Morgan fingerprint density at radius 2 is 2.11 bits per heavy atom. The lowest BCUT2D eigenvalue weighted by Gasteiger charge is -2.19. The maximum absolute atomic E-state index is 12.5. The number of nitrogens with zero attached hydrogens (tertiary/aromatic N) is 2. The summed E-state index contributed by atoms with van der Waals surface area (Å²) in [6, 6.07) is 7.69. The molecular weight excluding hydrogens is 472 g/mol. The molecule has 1 unspecified atom stereocenters. The molecule has 1 aromatic carbocycles. The number of halogens is 4. The molecule has 0 amide bonds. The lowest BCUT2D eigenvalue weighted by molar-refractivity contribution is -0.143. The zero-order valence-electron chi connectivity index (χ0n) is 15.7. The second kappa shape index (κ2) is 11.6. The van der Waals surface area contributed by atoms with Crippen molar-refractivity contribution in [1.29, 1.82) is 0 Å². The van der Waals surface area contributed by atoms with Gasteiger partial charge in [-0.05, 0) is 38.0 Å². The predicted molar refractivity (Wildman–Crippen MR) is 112 cm³/mol. The molecule has 1 aromatic rings. The highest BCUT2D eigenvalue weighted by molar-refractivity contribution is 14.0. The summed E-state index contributed by atoms with van der Waals surface area (Å²) in [7, 11) is 0. The third kappa shape index (κ3) is 9.00. The van der Waals surface area contributed by atoms with Crippen LogP contribution in [0, 0.1) is 0 Å². The van der Waals surface area contributed by atoms with Crippen molar-refractivity contribution in [3.8, 4) is 5.75 Å². The van der Waals surface area contributed by atoms with Crippen LogP contribution in [0.15, 0.2) is 29.3 Å². The molecule has 2 N–H and O–H groups in total. The fourth-order valence-corrected chi connectivity index (χ4v) is 2.93. The summed E-state index contributed by atoms with van der Waals surface area (Å²) in [6.07, 6.45) is -3.49. The first kappa shape index (κ1) is 23.8. The molecule has 1 fully saturated rings. The number of nitrogens with one attached hydrogen (secondary N) is 2. The number of likely N-dealkylation sites (tertiary alicyclic amines) is 1. The molecule has 1 aliphatic heterocycles. The van der Waals surface area contributed by atoms with Gasteiger partial charge in [-0.1, -0.05) is 12.1 Å². The van der Waals surface area contributed by atoms with Crippen LogP contribution in [0.1, 0.15) is 25.8 Å². The van der Waals surface area contributed by atoms with Crippen LogP contribution in [0.5, 0.6) is 5.75 Å². The van der Waals surface area contributed by atoms with Gasteiger partial charge in [0.25, 0.3) is 0 Å². The van der Waals surface area contributed by atoms with Gasteiger partial charge >= 0.3 is 6.18 Å². The number of ether oxygens (including phenoxy) is 1. The van der Waals surface area contributed by atoms with Crippen molar-refractivity contribution in [3.63, 3.8) is 0 Å². The molecular formula is C18H28F3IN4O. The van der Waals surface area contributed by atoms with Gasteiger partial charge in [-0.2, -0.15) is 13.2 Å². The molecule has 0 saturated carbocycles. The van der Waals surface area contributed by atoms with Crippen LogP contribution in [0.25, 0.3) is 0 Å². The van der Waals surface area contributed by atoms with Gasteiger partial charge < -0.3 is 15.4 Å². The Bertz CT molecular complexity index is 598. The van der Waals surface area contributed by atoms with Gasteiger partial charge in [0.15, 0.2) is 5.96 Å². The first-order chi connectivity index (χ1) is 12.4. The number of benzene rings is 1. The number of guanidine groups is 1. The maximum Gasteiger partial charge on any atom is 0.401 e. The number of rotatable bonds is 7. The van der Waals surface area contributed by atoms with Crippen molar-refractivity contribution in [2.24, 2.45) is 4.99 Å². The highest BCUT2D eigenvalue weighted by Gasteiger charge is 2.34. The molecule has 9 heteroatoms. The average Bonchev–Trinajstić information content (AvgIpc) is 2.98. The zero-order valence-corrected chi connectivity index (χ0v) is 18.0. The van der Waals surface area contributed by atoms with Crippen LogP contribution in [0.3, 0.4) is 0 Å². The fraction of sp³-hybridized carbons (Fsp3) is 0.611. The van der Waals surface area contributed by atoms with E-state index >= 15 is 0 Å². The van der Waals surface area contributed by atoms with E-state index in [0.717, 1.165) is 11.3 Å². The monoisotopic (exact) mass is 500 g/mol. The van der Waals surface area contributed by atoms with Crippen LogP contribution < -0.4 is 15.4 Å². The zero-order chi connectivity index (χ0) is 19.0. The summed E-state index contributed by atoms with van der Waals surface area (Å²) in [6.45, 7) is 5.59. The van der Waals surface area contributed by atoms with Crippen molar-refractivity contribution in [2.75, 3.05) is 32.8 Å². The average molecular weight is 500 g/mol. The van der Waals surface area contributed by atoms with Gasteiger partial charge in [-0.25, -0.2) is 4.99 Å².